The Balaban J connectivity index is 0. The Labute approximate surface area is 93.7 Å². The summed E-state index contributed by atoms with van der Waals surface area (Å²) in [5.74, 6) is 0. The Morgan fingerprint density at radius 3 is 1.08 bits per heavy atom. The molecule has 0 saturated heterocycles. The van der Waals surface area contributed by atoms with Crippen LogP contribution >= 0.6 is 0 Å². The molecule has 0 radical (unpaired) electrons. The van der Waals surface area contributed by atoms with Crippen LogP contribution in [0.25, 0.3) is 0 Å². The first-order valence-corrected chi connectivity index (χ1v) is 3.99. The summed E-state index contributed by atoms with van der Waals surface area (Å²) in [4.78, 5) is 0. The second-order valence-corrected chi connectivity index (χ2v) is 4.36. The van der Waals surface area contributed by atoms with Gasteiger partial charge < -0.3 is 24.0 Å². The monoisotopic (exact) mass is 287 g/mol. The number of hydrogen-bond acceptors (Lipinski definition) is 2. The van der Waals surface area contributed by atoms with Gasteiger partial charge in [-0.1, -0.05) is 0 Å². The molecule has 1 N–H and O–H groups in total. The van der Waals surface area contributed by atoms with E-state index in [0.29, 0.717) is 0 Å². The van der Waals surface area contributed by atoms with E-state index in [1.807, 2.05) is 0 Å². The third-order valence-corrected chi connectivity index (χ3v) is 1.52. The van der Waals surface area contributed by atoms with Gasteiger partial charge in [-0.05, 0) is 20.8 Å². The quantitative estimate of drug-likeness (QED) is 0.420. The van der Waals surface area contributed by atoms with Crippen LogP contribution < -0.4 is 29.1 Å². The zero-order valence-corrected chi connectivity index (χ0v) is 11.4. The van der Waals surface area contributed by atoms with Crippen LogP contribution in [0.2, 0.25) is 0 Å². The van der Waals surface area contributed by atoms with E-state index in [9.17, 15) is 0 Å². The standard InChI is InChI=1S/C8H21N3.HI/c1-8(2,3)11(9(4)5)10(6)7;/h1-7H3;1H. The van der Waals surface area contributed by atoms with Crippen LogP contribution in [0.1, 0.15) is 20.8 Å². The van der Waals surface area contributed by atoms with Crippen LogP contribution in [0.3, 0.4) is 0 Å². The molecule has 0 aromatic rings. The number of nitrogens with zero attached hydrogens (tertiary/aromatic N) is 2. The van der Waals surface area contributed by atoms with E-state index >= 15 is 0 Å². The molecule has 0 aliphatic heterocycles. The highest BCUT2D eigenvalue weighted by Gasteiger charge is 2.29. The van der Waals surface area contributed by atoms with Crippen molar-refractivity contribution in [1.29, 1.82) is 0 Å². The van der Waals surface area contributed by atoms with Gasteiger partial charge in [0.15, 0.2) is 0 Å². The van der Waals surface area contributed by atoms with Crippen molar-refractivity contribution in [3.8, 4) is 0 Å². The summed E-state index contributed by atoms with van der Waals surface area (Å²) in [6.07, 6.45) is 0. The van der Waals surface area contributed by atoms with Crippen molar-refractivity contribution in [2.75, 3.05) is 28.2 Å². The summed E-state index contributed by atoms with van der Waals surface area (Å²) in [6, 6.07) is 0. The molecule has 4 heteroatoms. The molecule has 0 heterocycles. The Bertz CT molecular complexity index is 110. The van der Waals surface area contributed by atoms with Gasteiger partial charge in [0.05, 0.1) is 0 Å². The van der Waals surface area contributed by atoms with Crippen LogP contribution in [0.15, 0.2) is 0 Å². The summed E-state index contributed by atoms with van der Waals surface area (Å²) in [5, 5.41) is 5.68. The summed E-state index contributed by atoms with van der Waals surface area (Å²) >= 11 is 0. The van der Waals surface area contributed by atoms with E-state index in [2.05, 4.69) is 59.0 Å². The van der Waals surface area contributed by atoms with Crippen molar-refractivity contribution in [2.45, 2.75) is 26.3 Å². The topological polar surface area (TPSA) is 10.9 Å². The smallest absolute Gasteiger partial charge is 0.125 e. The third kappa shape index (κ3) is 4.59. The molecule has 0 saturated carbocycles. The molecule has 0 aliphatic carbocycles. The van der Waals surface area contributed by atoms with Gasteiger partial charge in [-0.15, -0.1) is 10.0 Å². The zero-order valence-electron chi connectivity index (χ0n) is 9.27. The molecule has 0 aromatic heterocycles. The molecule has 0 bridgehead atoms. The lowest BCUT2D eigenvalue weighted by Gasteiger charge is -2.38. The minimum Gasteiger partial charge on any atom is -1.00 e. The predicted molar refractivity (Wildman–Crippen MR) is 48.1 cm³/mol. The van der Waals surface area contributed by atoms with E-state index in [1.165, 1.54) is 5.12 Å². The highest BCUT2D eigenvalue weighted by Crippen LogP contribution is 1.92. The van der Waals surface area contributed by atoms with Gasteiger partial charge >= 0.3 is 0 Å². The average Bonchev–Trinajstić information content (AvgIpc) is 1.54. The van der Waals surface area contributed by atoms with E-state index in [1.54, 1.807) is 0 Å². The van der Waals surface area contributed by atoms with Crippen LogP contribution in [0.5, 0.6) is 0 Å². The first kappa shape index (κ1) is 15.1. The fourth-order valence-electron chi connectivity index (χ4n) is 1.74. The van der Waals surface area contributed by atoms with Gasteiger partial charge in [-0.25, -0.2) is 0 Å². The summed E-state index contributed by atoms with van der Waals surface area (Å²) < 4.78 is 0. The van der Waals surface area contributed by atoms with Crippen molar-refractivity contribution < 1.29 is 29.1 Å². The molecular formula is C8H22IN3. The Morgan fingerprint density at radius 2 is 1.08 bits per heavy atom. The lowest BCUT2D eigenvalue weighted by molar-refractivity contribution is -1.14. The molecular weight excluding hydrogens is 265 g/mol. The van der Waals surface area contributed by atoms with Crippen molar-refractivity contribution in [3.05, 3.63) is 0 Å². The second-order valence-electron chi connectivity index (χ2n) is 4.36. The van der Waals surface area contributed by atoms with Crippen LogP contribution in [-0.2, 0) is 0 Å². The lowest BCUT2D eigenvalue weighted by atomic mass is 10.1. The molecule has 0 fully saturated rings. The van der Waals surface area contributed by atoms with Gasteiger partial charge in [0.25, 0.3) is 0 Å². The zero-order chi connectivity index (χ0) is 9.23. The fraction of sp³-hybridized carbons (Fsp3) is 1.00. The maximum Gasteiger partial charge on any atom is 0.125 e. The van der Waals surface area contributed by atoms with E-state index in [4.69, 9.17) is 0 Å². The highest BCUT2D eigenvalue weighted by molar-refractivity contribution is 4.53. The molecule has 0 amide bonds. The average molecular weight is 287 g/mol. The van der Waals surface area contributed by atoms with Gasteiger partial charge in [0, 0.05) is 28.2 Å². The van der Waals surface area contributed by atoms with Crippen LogP contribution in [-0.4, -0.2) is 43.7 Å². The largest absolute Gasteiger partial charge is 1.00 e. The van der Waals surface area contributed by atoms with Crippen molar-refractivity contribution in [3.63, 3.8) is 0 Å². The summed E-state index contributed by atoms with van der Waals surface area (Å²) in [7, 11) is 8.34. The lowest BCUT2D eigenvalue weighted by Crippen LogP contribution is -3.27. The SMILES string of the molecule is CN(C)[NH+](N(C)C)C(C)(C)C.[I-]. The Hall–Kier alpha value is 0.610. The Morgan fingerprint density at radius 1 is 0.833 bits per heavy atom. The van der Waals surface area contributed by atoms with Gasteiger partial charge in [0.2, 0.25) is 0 Å². The molecule has 76 valence electrons. The molecule has 12 heavy (non-hydrogen) atoms. The van der Waals surface area contributed by atoms with Gasteiger partial charge in [-0.2, -0.15) is 5.12 Å². The Kier molecular flexibility index (Phi) is 6.75. The van der Waals surface area contributed by atoms with Gasteiger partial charge in [0.1, 0.15) is 5.54 Å². The molecule has 3 nitrogen and oxygen atoms in total. The minimum absolute atomic E-state index is 0. The van der Waals surface area contributed by atoms with E-state index < -0.39 is 0 Å². The van der Waals surface area contributed by atoms with E-state index in [0.717, 1.165) is 0 Å². The number of hydrogen-bond donors (Lipinski definition) is 1. The third-order valence-electron chi connectivity index (χ3n) is 1.52. The second kappa shape index (κ2) is 5.36. The molecule has 0 unspecified atom stereocenters. The molecule has 0 atom stereocenters. The summed E-state index contributed by atoms with van der Waals surface area (Å²) in [5.41, 5.74) is 0.229. The van der Waals surface area contributed by atoms with Crippen molar-refractivity contribution in [2.24, 2.45) is 0 Å². The number of halogens is 1. The van der Waals surface area contributed by atoms with Crippen molar-refractivity contribution >= 4 is 0 Å². The maximum atomic E-state index is 2.22. The first-order chi connectivity index (χ1) is 4.76. The van der Waals surface area contributed by atoms with E-state index in [-0.39, 0.29) is 29.5 Å². The van der Waals surface area contributed by atoms with Gasteiger partial charge in [-0.3, -0.25) is 0 Å². The minimum atomic E-state index is 0. The highest BCUT2D eigenvalue weighted by atomic mass is 127. The van der Waals surface area contributed by atoms with Crippen molar-refractivity contribution in [1.82, 2.24) is 10.0 Å². The number of quaternary nitrogens is 1. The molecule has 0 spiro atoms. The van der Waals surface area contributed by atoms with Crippen LogP contribution in [0.4, 0.5) is 0 Å². The predicted octanol–water partition coefficient (Wildman–Crippen LogP) is -3.37. The normalized spacial score (nSPS) is 12.5. The molecule has 0 rings (SSSR count). The number of rotatable bonds is 2. The number of nitrogens with one attached hydrogen (secondary N) is 1. The molecule has 0 aliphatic rings. The first-order valence-electron chi connectivity index (χ1n) is 3.99. The van der Waals surface area contributed by atoms with Crippen LogP contribution in [0, 0.1) is 0 Å². The molecule has 0 aromatic carbocycles. The summed E-state index contributed by atoms with van der Waals surface area (Å²) in [6.45, 7) is 6.67. The maximum absolute atomic E-state index is 2.22. The fourth-order valence-corrected chi connectivity index (χ4v) is 1.74.